The van der Waals surface area contributed by atoms with Crippen LogP contribution in [0.4, 0.5) is 11.4 Å². The number of esters is 1. The van der Waals surface area contributed by atoms with Gasteiger partial charge in [0.15, 0.2) is 18.1 Å². The smallest absolute Gasteiger partial charge is 0.338 e. The Bertz CT molecular complexity index is 962. The van der Waals surface area contributed by atoms with Crippen molar-refractivity contribution in [3.8, 4) is 11.5 Å². The molecule has 10 heteroatoms. The van der Waals surface area contributed by atoms with Crippen molar-refractivity contribution < 1.29 is 28.7 Å². The number of anilines is 1. The van der Waals surface area contributed by atoms with E-state index in [0.29, 0.717) is 17.9 Å². The molecule has 0 aromatic heterocycles. The Morgan fingerprint density at radius 3 is 2.60 bits per heavy atom. The lowest BCUT2D eigenvalue weighted by molar-refractivity contribution is -0.384. The predicted octanol–water partition coefficient (Wildman–Crippen LogP) is 4.15. The summed E-state index contributed by atoms with van der Waals surface area (Å²) < 4.78 is 15.7. The molecule has 30 heavy (non-hydrogen) atoms. The molecule has 0 aliphatic rings. The van der Waals surface area contributed by atoms with Crippen molar-refractivity contribution in [3.63, 3.8) is 0 Å². The van der Waals surface area contributed by atoms with Gasteiger partial charge in [0, 0.05) is 12.1 Å². The minimum atomic E-state index is -0.789. The second-order valence-corrected chi connectivity index (χ2v) is 6.63. The molecule has 0 atom stereocenters. The van der Waals surface area contributed by atoms with E-state index in [-0.39, 0.29) is 27.7 Å². The summed E-state index contributed by atoms with van der Waals surface area (Å²) >= 11 is 6.17. The SMILES string of the molecule is CCCOc1c(Cl)cc(C(=O)OCC(=O)Nc2cc([N+](=O)[O-])ccc2C)cc1OC. The Morgan fingerprint density at radius 1 is 1.23 bits per heavy atom. The van der Waals surface area contributed by atoms with Crippen molar-refractivity contribution in [1.29, 1.82) is 0 Å². The third-order valence-corrected chi connectivity index (χ3v) is 4.24. The molecule has 2 rings (SSSR count). The van der Waals surface area contributed by atoms with E-state index < -0.39 is 23.4 Å². The Labute approximate surface area is 178 Å². The van der Waals surface area contributed by atoms with E-state index in [0.717, 1.165) is 6.42 Å². The number of hydrogen-bond donors (Lipinski definition) is 1. The third kappa shape index (κ3) is 5.84. The third-order valence-electron chi connectivity index (χ3n) is 3.96. The van der Waals surface area contributed by atoms with E-state index in [1.54, 1.807) is 6.92 Å². The first-order valence-corrected chi connectivity index (χ1v) is 9.37. The van der Waals surface area contributed by atoms with Gasteiger partial charge in [-0.05, 0) is 31.0 Å². The number of amides is 1. The van der Waals surface area contributed by atoms with Crippen LogP contribution in [0.5, 0.6) is 11.5 Å². The van der Waals surface area contributed by atoms with Gasteiger partial charge >= 0.3 is 5.97 Å². The number of hydrogen-bond acceptors (Lipinski definition) is 7. The van der Waals surface area contributed by atoms with Crippen LogP contribution < -0.4 is 14.8 Å². The molecule has 160 valence electrons. The highest BCUT2D eigenvalue weighted by atomic mass is 35.5. The maximum Gasteiger partial charge on any atom is 0.338 e. The lowest BCUT2D eigenvalue weighted by Crippen LogP contribution is -2.21. The molecule has 0 saturated heterocycles. The summed E-state index contributed by atoms with van der Waals surface area (Å²) in [5.41, 5.74) is 0.798. The number of aryl methyl sites for hydroxylation is 1. The van der Waals surface area contributed by atoms with Gasteiger partial charge in [-0.25, -0.2) is 4.79 Å². The second-order valence-electron chi connectivity index (χ2n) is 6.22. The van der Waals surface area contributed by atoms with Crippen molar-refractivity contribution in [2.45, 2.75) is 20.3 Å². The van der Waals surface area contributed by atoms with Gasteiger partial charge in [0.2, 0.25) is 0 Å². The summed E-state index contributed by atoms with van der Waals surface area (Å²) in [5.74, 6) is -0.855. The molecule has 0 fully saturated rings. The van der Waals surface area contributed by atoms with Crippen LogP contribution in [-0.2, 0) is 9.53 Å². The van der Waals surface area contributed by atoms with Crippen LogP contribution in [0.1, 0.15) is 29.3 Å². The van der Waals surface area contributed by atoms with Crippen molar-refractivity contribution in [1.82, 2.24) is 0 Å². The molecule has 0 spiro atoms. The molecule has 0 bridgehead atoms. The molecule has 2 aromatic rings. The quantitative estimate of drug-likeness (QED) is 0.356. The van der Waals surface area contributed by atoms with E-state index in [1.165, 1.54) is 37.4 Å². The number of nitrogens with one attached hydrogen (secondary N) is 1. The normalized spacial score (nSPS) is 10.3. The van der Waals surface area contributed by atoms with E-state index in [1.807, 2.05) is 6.92 Å². The molecule has 1 amide bonds. The van der Waals surface area contributed by atoms with Gasteiger partial charge in [-0.1, -0.05) is 24.6 Å². The van der Waals surface area contributed by atoms with Crippen molar-refractivity contribution in [3.05, 3.63) is 56.6 Å². The molecule has 0 aliphatic carbocycles. The first-order chi connectivity index (χ1) is 14.3. The van der Waals surface area contributed by atoms with Gasteiger partial charge in [-0.3, -0.25) is 14.9 Å². The van der Waals surface area contributed by atoms with Crippen LogP contribution in [0.15, 0.2) is 30.3 Å². The van der Waals surface area contributed by atoms with Gasteiger partial charge in [-0.15, -0.1) is 0 Å². The number of non-ortho nitro benzene ring substituents is 1. The topological polar surface area (TPSA) is 117 Å². The number of carbonyl (C=O) groups is 2. The monoisotopic (exact) mass is 436 g/mol. The zero-order valence-corrected chi connectivity index (χ0v) is 17.4. The minimum absolute atomic E-state index is 0.0834. The number of carbonyl (C=O) groups excluding carboxylic acids is 2. The largest absolute Gasteiger partial charge is 0.493 e. The fourth-order valence-electron chi connectivity index (χ4n) is 2.44. The fourth-order valence-corrected chi connectivity index (χ4v) is 2.71. The zero-order chi connectivity index (χ0) is 22.3. The summed E-state index contributed by atoms with van der Waals surface area (Å²) in [5, 5.41) is 13.5. The Morgan fingerprint density at radius 2 is 1.97 bits per heavy atom. The Hall–Kier alpha value is -3.33. The van der Waals surface area contributed by atoms with E-state index in [9.17, 15) is 19.7 Å². The molecular weight excluding hydrogens is 416 g/mol. The molecule has 0 aliphatic heterocycles. The molecule has 0 saturated carbocycles. The Balaban J connectivity index is 2.05. The molecule has 2 aromatic carbocycles. The highest BCUT2D eigenvalue weighted by Gasteiger charge is 2.18. The molecule has 0 radical (unpaired) electrons. The standard InChI is InChI=1S/C20H21ClN2O7/c1-4-7-29-19-15(21)8-13(9-17(19)28-3)20(25)30-11-18(24)22-16-10-14(23(26)27)6-5-12(16)2/h5-6,8-10H,4,7,11H2,1-3H3,(H,22,24). The summed E-state index contributed by atoms with van der Waals surface area (Å²) in [6, 6.07) is 6.84. The summed E-state index contributed by atoms with van der Waals surface area (Å²) in [4.78, 5) is 34.7. The maximum atomic E-state index is 12.3. The van der Waals surface area contributed by atoms with Crippen LogP contribution in [-0.4, -0.2) is 37.1 Å². The van der Waals surface area contributed by atoms with Crippen molar-refractivity contribution in [2.24, 2.45) is 0 Å². The number of halogens is 1. The highest BCUT2D eigenvalue weighted by molar-refractivity contribution is 6.32. The van der Waals surface area contributed by atoms with Crippen LogP contribution in [0, 0.1) is 17.0 Å². The number of nitro groups is 1. The Kier molecular flexibility index (Phi) is 7.99. The summed E-state index contributed by atoms with van der Waals surface area (Å²) in [7, 11) is 1.41. The lowest BCUT2D eigenvalue weighted by atomic mass is 10.2. The zero-order valence-electron chi connectivity index (χ0n) is 16.7. The van der Waals surface area contributed by atoms with Gasteiger partial charge in [-0.2, -0.15) is 0 Å². The van der Waals surface area contributed by atoms with Gasteiger partial charge in [0.25, 0.3) is 11.6 Å². The molecular formula is C20H21ClN2O7. The molecule has 9 nitrogen and oxygen atoms in total. The number of nitro benzene ring substituents is 1. The summed E-state index contributed by atoms with van der Waals surface area (Å²) in [6.45, 7) is 3.46. The minimum Gasteiger partial charge on any atom is -0.493 e. The average Bonchev–Trinajstić information content (AvgIpc) is 2.71. The molecule has 1 N–H and O–H groups in total. The lowest BCUT2D eigenvalue weighted by Gasteiger charge is -2.13. The van der Waals surface area contributed by atoms with Crippen molar-refractivity contribution in [2.75, 3.05) is 25.6 Å². The number of ether oxygens (including phenoxy) is 3. The number of methoxy groups -OCH3 is 1. The maximum absolute atomic E-state index is 12.3. The fraction of sp³-hybridized carbons (Fsp3) is 0.300. The predicted molar refractivity (Wildman–Crippen MR) is 111 cm³/mol. The van der Waals surface area contributed by atoms with Gasteiger partial charge < -0.3 is 19.5 Å². The molecule has 0 heterocycles. The molecule has 0 unspecified atom stereocenters. The number of nitrogens with zero attached hydrogens (tertiary/aromatic N) is 1. The van der Waals surface area contributed by atoms with Gasteiger partial charge in [0.05, 0.1) is 34.9 Å². The first-order valence-electron chi connectivity index (χ1n) is 8.99. The highest BCUT2D eigenvalue weighted by Crippen LogP contribution is 2.36. The first kappa shape index (κ1) is 23.0. The van der Waals surface area contributed by atoms with Crippen LogP contribution in [0.3, 0.4) is 0 Å². The van der Waals surface area contributed by atoms with Gasteiger partial charge in [0.1, 0.15) is 0 Å². The van der Waals surface area contributed by atoms with Crippen LogP contribution in [0.2, 0.25) is 5.02 Å². The van der Waals surface area contributed by atoms with E-state index in [2.05, 4.69) is 5.32 Å². The second kappa shape index (κ2) is 10.4. The number of rotatable bonds is 9. The summed E-state index contributed by atoms with van der Waals surface area (Å²) in [6.07, 6.45) is 0.766. The van der Waals surface area contributed by atoms with Crippen LogP contribution >= 0.6 is 11.6 Å². The van der Waals surface area contributed by atoms with E-state index in [4.69, 9.17) is 25.8 Å². The number of benzene rings is 2. The van der Waals surface area contributed by atoms with E-state index >= 15 is 0 Å². The van der Waals surface area contributed by atoms with Crippen LogP contribution in [0.25, 0.3) is 0 Å². The average molecular weight is 437 g/mol. The van der Waals surface area contributed by atoms with Crippen molar-refractivity contribution >= 4 is 34.9 Å².